The third kappa shape index (κ3) is 7.96. The van der Waals surface area contributed by atoms with Crippen molar-refractivity contribution in [3.63, 3.8) is 0 Å². The number of nitrogens with one attached hydrogen (secondary N) is 2. The van der Waals surface area contributed by atoms with Crippen molar-refractivity contribution in [3.8, 4) is 11.4 Å². The molecule has 2 N–H and O–H groups in total. The molecule has 226 valence electrons. The van der Waals surface area contributed by atoms with Crippen LogP contribution in [0.4, 0.5) is 22.0 Å². The largest absolute Gasteiger partial charge is 0.459 e. The lowest BCUT2D eigenvalue weighted by Gasteiger charge is -2.31. The van der Waals surface area contributed by atoms with Gasteiger partial charge in [-0.1, -0.05) is 17.7 Å². The van der Waals surface area contributed by atoms with Gasteiger partial charge in [-0.25, -0.2) is 23.7 Å². The number of benzene rings is 1. The molecule has 1 fully saturated rings. The summed E-state index contributed by atoms with van der Waals surface area (Å²) >= 11 is 0. The van der Waals surface area contributed by atoms with Gasteiger partial charge in [-0.3, -0.25) is 15.0 Å². The maximum atomic E-state index is 14.0. The van der Waals surface area contributed by atoms with Crippen LogP contribution in [0.15, 0.2) is 63.8 Å². The molecular formula is C29H27F5N6O3. The van der Waals surface area contributed by atoms with Crippen LogP contribution < -0.4 is 5.32 Å². The second-order valence-electron chi connectivity index (χ2n) is 9.90. The first kappa shape index (κ1) is 31.2. The molecule has 0 unspecified atom stereocenters. The van der Waals surface area contributed by atoms with Crippen LogP contribution in [-0.2, 0) is 17.5 Å². The maximum absolute atomic E-state index is 14.0. The Hall–Kier alpha value is -4.75. The molecule has 1 aromatic carbocycles. The highest BCUT2D eigenvalue weighted by Crippen LogP contribution is 2.39. The van der Waals surface area contributed by atoms with Gasteiger partial charge in [0.25, 0.3) is 11.8 Å². The second-order valence-corrected chi connectivity index (χ2v) is 9.90. The number of hydrogen-bond donors (Lipinski definition) is 2. The zero-order valence-electron chi connectivity index (χ0n) is 23.0. The molecule has 3 aromatic rings. The summed E-state index contributed by atoms with van der Waals surface area (Å²) in [5, 5.41) is 10.1. The number of nitrogens with zero attached hydrogens (tertiary/aromatic N) is 4. The number of carbonyl (C=O) groups excluding carboxylic acids is 2. The molecule has 2 aromatic heterocycles. The zero-order valence-corrected chi connectivity index (χ0v) is 23.0. The SMILES string of the molecule is C=NC(=N)C/C=C(C)/C=C/C(=O)NCc1cc2cc(-c3ncc(C(=O)N4CCC(F)(F)CC4)cn3)cc(C(F)(F)F)c2o1. The van der Waals surface area contributed by atoms with Gasteiger partial charge in [0.2, 0.25) is 5.91 Å². The van der Waals surface area contributed by atoms with Crippen molar-refractivity contribution in [1.29, 1.82) is 5.41 Å². The number of aliphatic imine (C=N–C) groups is 1. The highest BCUT2D eigenvalue weighted by Gasteiger charge is 2.37. The number of hydrogen-bond acceptors (Lipinski definition) is 6. The summed E-state index contributed by atoms with van der Waals surface area (Å²) in [6, 6.07) is 3.59. The third-order valence-electron chi connectivity index (χ3n) is 6.65. The van der Waals surface area contributed by atoms with E-state index in [1.807, 2.05) is 0 Å². The summed E-state index contributed by atoms with van der Waals surface area (Å²) in [5.41, 5.74) is -0.763. The van der Waals surface area contributed by atoms with Crippen LogP contribution in [0.2, 0.25) is 0 Å². The molecule has 0 spiro atoms. The number of rotatable bonds is 8. The molecule has 1 aliphatic rings. The summed E-state index contributed by atoms with van der Waals surface area (Å²) in [6.45, 7) is 4.53. The minimum atomic E-state index is -4.79. The Kier molecular flexibility index (Phi) is 9.16. The number of likely N-dealkylation sites (tertiary alicyclic amines) is 1. The van der Waals surface area contributed by atoms with Gasteiger partial charge in [0, 0.05) is 61.8 Å². The number of alkyl halides is 5. The van der Waals surface area contributed by atoms with E-state index in [9.17, 15) is 31.5 Å². The second kappa shape index (κ2) is 12.6. The van der Waals surface area contributed by atoms with Crippen molar-refractivity contribution in [1.82, 2.24) is 20.2 Å². The van der Waals surface area contributed by atoms with Gasteiger partial charge < -0.3 is 14.6 Å². The Morgan fingerprint density at radius 3 is 2.47 bits per heavy atom. The summed E-state index contributed by atoms with van der Waals surface area (Å²) in [6.07, 6.45) is 1.29. The van der Waals surface area contributed by atoms with Crippen molar-refractivity contribution >= 4 is 35.3 Å². The Morgan fingerprint density at radius 2 is 1.84 bits per heavy atom. The molecule has 0 radical (unpaired) electrons. The zero-order chi connectivity index (χ0) is 31.4. The first-order valence-electron chi connectivity index (χ1n) is 13.1. The molecule has 14 heteroatoms. The molecule has 0 atom stereocenters. The molecule has 43 heavy (non-hydrogen) atoms. The quantitative estimate of drug-likeness (QED) is 0.108. The standard InChI is InChI=1S/C29H27F5N6O3/c1-17(3-5-23(35)36-2)4-6-24(41)37-16-21-12-18-11-19(13-22(25(18)43-21)29(32,33)34)26-38-14-20(15-39-26)27(42)40-9-7-28(30,31)8-10-40/h3-4,6,11-15,35H,2,5,7-10,16H2,1H3,(H,37,41)/b6-4+,17-3+,35-23?. The predicted molar refractivity (Wildman–Crippen MR) is 149 cm³/mol. The number of amidine groups is 1. The minimum absolute atomic E-state index is 0.0118. The lowest BCUT2D eigenvalue weighted by Crippen LogP contribution is -2.42. The van der Waals surface area contributed by atoms with E-state index in [-0.39, 0.29) is 60.0 Å². The number of allylic oxidation sites excluding steroid dienone is 2. The van der Waals surface area contributed by atoms with Gasteiger partial charge in [0.1, 0.15) is 17.2 Å². The Morgan fingerprint density at radius 1 is 1.16 bits per heavy atom. The summed E-state index contributed by atoms with van der Waals surface area (Å²) in [7, 11) is 0. The van der Waals surface area contributed by atoms with Crippen LogP contribution in [0, 0.1) is 5.41 Å². The van der Waals surface area contributed by atoms with E-state index in [1.54, 1.807) is 13.0 Å². The molecule has 3 heterocycles. The van der Waals surface area contributed by atoms with Crippen LogP contribution in [-0.4, -0.2) is 58.2 Å². The average Bonchev–Trinajstić information content (AvgIpc) is 3.39. The number of carbonyl (C=O) groups is 2. The highest BCUT2D eigenvalue weighted by atomic mass is 19.4. The lowest BCUT2D eigenvalue weighted by molar-refractivity contribution is -0.136. The molecular weight excluding hydrogens is 575 g/mol. The number of amides is 2. The normalized spacial score (nSPS) is 15.6. The molecule has 0 aliphatic carbocycles. The number of fused-ring (bicyclic) bond motifs is 1. The number of piperidine rings is 1. The van der Waals surface area contributed by atoms with Gasteiger partial charge >= 0.3 is 6.18 Å². The smallest absolute Gasteiger partial charge is 0.420 e. The van der Waals surface area contributed by atoms with Crippen LogP contribution >= 0.6 is 0 Å². The van der Waals surface area contributed by atoms with Crippen LogP contribution in [0.1, 0.15) is 47.9 Å². The molecule has 0 saturated carbocycles. The van der Waals surface area contributed by atoms with Crippen LogP contribution in [0.5, 0.6) is 0 Å². The van der Waals surface area contributed by atoms with E-state index in [4.69, 9.17) is 9.83 Å². The fraction of sp³-hybridized carbons (Fsp3) is 0.310. The molecule has 1 aliphatic heterocycles. The van der Waals surface area contributed by atoms with E-state index < -0.39 is 47.9 Å². The molecule has 1 saturated heterocycles. The number of halogens is 5. The number of aromatic nitrogens is 2. The fourth-order valence-electron chi connectivity index (χ4n) is 4.27. The number of furan rings is 1. The summed E-state index contributed by atoms with van der Waals surface area (Å²) < 4.78 is 74.2. The van der Waals surface area contributed by atoms with Crippen LogP contribution in [0.3, 0.4) is 0 Å². The lowest BCUT2D eigenvalue weighted by atomic mass is 10.1. The first-order chi connectivity index (χ1) is 20.3. The topological polar surface area (TPSA) is 125 Å². The Balaban J connectivity index is 1.50. The van der Waals surface area contributed by atoms with Crippen molar-refractivity contribution < 1.29 is 36.0 Å². The van der Waals surface area contributed by atoms with Crippen molar-refractivity contribution in [2.45, 2.75) is 44.8 Å². The van der Waals surface area contributed by atoms with Crippen molar-refractivity contribution in [2.75, 3.05) is 13.1 Å². The van der Waals surface area contributed by atoms with E-state index in [2.05, 4.69) is 27.0 Å². The fourth-order valence-corrected chi connectivity index (χ4v) is 4.27. The van der Waals surface area contributed by atoms with Gasteiger partial charge in [-0.2, -0.15) is 13.2 Å². The molecule has 0 bridgehead atoms. The Bertz CT molecular complexity index is 1600. The van der Waals surface area contributed by atoms with E-state index in [1.165, 1.54) is 29.2 Å². The van der Waals surface area contributed by atoms with Crippen molar-refractivity contribution in [2.24, 2.45) is 4.99 Å². The first-order valence-corrected chi connectivity index (χ1v) is 13.1. The van der Waals surface area contributed by atoms with Crippen LogP contribution in [0.25, 0.3) is 22.4 Å². The molecule has 2 amide bonds. The molecule has 9 nitrogen and oxygen atoms in total. The monoisotopic (exact) mass is 602 g/mol. The van der Waals surface area contributed by atoms with E-state index in [0.717, 1.165) is 18.5 Å². The third-order valence-corrected chi connectivity index (χ3v) is 6.65. The van der Waals surface area contributed by atoms with Gasteiger partial charge in [-0.15, -0.1) is 0 Å². The average molecular weight is 603 g/mol. The molecule has 4 rings (SSSR count). The van der Waals surface area contributed by atoms with Gasteiger partial charge in [0.05, 0.1) is 17.7 Å². The highest BCUT2D eigenvalue weighted by molar-refractivity contribution is 5.94. The summed E-state index contributed by atoms with van der Waals surface area (Å²) in [4.78, 5) is 37.7. The Labute approximate surface area is 242 Å². The minimum Gasteiger partial charge on any atom is -0.459 e. The predicted octanol–water partition coefficient (Wildman–Crippen LogP) is 5.97. The van der Waals surface area contributed by atoms with Gasteiger partial charge in [0.15, 0.2) is 5.82 Å². The van der Waals surface area contributed by atoms with E-state index in [0.29, 0.717) is 5.57 Å². The summed E-state index contributed by atoms with van der Waals surface area (Å²) in [5.74, 6) is -3.81. The maximum Gasteiger partial charge on any atom is 0.420 e. The van der Waals surface area contributed by atoms with Gasteiger partial charge in [-0.05, 0) is 31.8 Å². The van der Waals surface area contributed by atoms with Crippen molar-refractivity contribution in [3.05, 3.63) is 71.3 Å². The van der Waals surface area contributed by atoms with E-state index >= 15 is 0 Å².